The van der Waals surface area contributed by atoms with Gasteiger partial charge in [0.25, 0.3) is 0 Å². The number of anilines is 1. The predicted molar refractivity (Wildman–Crippen MR) is 136 cm³/mol. The zero-order chi connectivity index (χ0) is 23.2. The van der Waals surface area contributed by atoms with E-state index in [9.17, 15) is 0 Å². The van der Waals surface area contributed by atoms with Crippen molar-refractivity contribution < 1.29 is 9.47 Å². The minimum Gasteiger partial charge on any atom is -0.457 e. The summed E-state index contributed by atoms with van der Waals surface area (Å²) >= 11 is 1.51. The second-order valence-electron chi connectivity index (χ2n) is 8.46. The number of aromatic nitrogens is 1. The van der Waals surface area contributed by atoms with Gasteiger partial charge in [-0.15, -0.1) is 11.3 Å². The molecular formula is C26H32N4O2S. The topological polar surface area (TPSA) is 81.8 Å². The molecule has 0 aliphatic heterocycles. The molecule has 0 bridgehead atoms. The molecule has 0 spiro atoms. The Morgan fingerprint density at radius 1 is 1.15 bits per heavy atom. The Labute approximate surface area is 199 Å². The summed E-state index contributed by atoms with van der Waals surface area (Å²) < 4.78 is 11.8. The highest BCUT2D eigenvalue weighted by Gasteiger charge is 2.21. The summed E-state index contributed by atoms with van der Waals surface area (Å²) in [6.45, 7) is 6.95. The first-order valence-electron chi connectivity index (χ1n) is 11.5. The van der Waals surface area contributed by atoms with E-state index in [2.05, 4.69) is 36.3 Å². The van der Waals surface area contributed by atoms with Gasteiger partial charge >= 0.3 is 0 Å². The monoisotopic (exact) mass is 464 g/mol. The minimum absolute atomic E-state index is 0.243. The Balaban J connectivity index is 1.38. The molecule has 1 aliphatic carbocycles. The van der Waals surface area contributed by atoms with Crippen LogP contribution < -0.4 is 15.8 Å². The molecule has 1 fully saturated rings. The van der Waals surface area contributed by atoms with Crippen LogP contribution in [0.5, 0.6) is 11.5 Å². The third-order valence-corrected chi connectivity index (χ3v) is 6.55. The lowest BCUT2D eigenvalue weighted by Crippen LogP contribution is -2.29. The third-order valence-electron chi connectivity index (χ3n) is 5.79. The van der Waals surface area contributed by atoms with E-state index in [1.807, 2.05) is 42.6 Å². The maximum atomic E-state index is 6.17. The van der Waals surface area contributed by atoms with Crippen LogP contribution in [0.4, 0.5) is 5.13 Å². The highest BCUT2D eigenvalue weighted by molar-refractivity contribution is 7.14. The second kappa shape index (κ2) is 10.8. The first-order chi connectivity index (χ1) is 16.0. The van der Waals surface area contributed by atoms with Crippen LogP contribution in [0.15, 0.2) is 52.8 Å². The van der Waals surface area contributed by atoms with E-state index in [0.29, 0.717) is 12.1 Å². The van der Waals surface area contributed by atoms with Gasteiger partial charge in [0.05, 0.1) is 17.8 Å². The first-order valence-corrected chi connectivity index (χ1v) is 12.4. The second-order valence-corrected chi connectivity index (χ2v) is 9.32. The number of hydrogen-bond donors (Lipinski definition) is 2. The number of thiazole rings is 1. The van der Waals surface area contributed by atoms with Gasteiger partial charge in [-0.05, 0) is 70.2 Å². The van der Waals surface area contributed by atoms with Crippen molar-refractivity contribution in [1.82, 2.24) is 4.98 Å². The molecule has 1 aliphatic rings. The average Bonchev–Trinajstić information content (AvgIpc) is 3.26. The molecule has 2 aromatic carbocycles. The fourth-order valence-corrected chi connectivity index (χ4v) is 4.87. The van der Waals surface area contributed by atoms with E-state index in [1.54, 1.807) is 0 Å². The number of nitrogens with two attached hydrogens (primary N) is 1. The molecule has 3 aromatic rings. The summed E-state index contributed by atoms with van der Waals surface area (Å²) in [6.07, 6.45) is 4.45. The van der Waals surface area contributed by atoms with Gasteiger partial charge in [0.15, 0.2) is 11.1 Å². The molecule has 0 saturated heterocycles. The number of aliphatic imine (C=N–C) groups is 1. The molecule has 0 atom stereocenters. The van der Waals surface area contributed by atoms with Crippen molar-refractivity contribution in [2.24, 2.45) is 10.7 Å². The van der Waals surface area contributed by atoms with Gasteiger partial charge in [0, 0.05) is 17.6 Å². The molecule has 0 unspecified atom stereocenters. The molecule has 33 heavy (non-hydrogen) atoms. The smallest absolute Gasteiger partial charge is 0.195 e. The fraction of sp³-hybridized carbons (Fsp3) is 0.385. The predicted octanol–water partition coefficient (Wildman–Crippen LogP) is 6.29. The van der Waals surface area contributed by atoms with E-state index < -0.39 is 0 Å². The highest BCUT2D eigenvalue weighted by atomic mass is 32.1. The lowest BCUT2D eigenvalue weighted by Gasteiger charge is -2.26. The SMILES string of the molecule is CCOC1CCC(N=C(N)Nc2nc(-c3cccc(Oc4ccc(C)cc4C)c3)cs2)CC1. The van der Waals surface area contributed by atoms with Crippen LogP contribution in [0.3, 0.4) is 0 Å². The number of nitrogens with one attached hydrogen (secondary N) is 1. The first kappa shape index (κ1) is 23.3. The summed E-state index contributed by atoms with van der Waals surface area (Å²) in [7, 11) is 0. The van der Waals surface area contributed by atoms with Crippen molar-refractivity contribution in [3.8, 4) is 22.8 Å². The van der Waals surface area contributed by atoms with Crippen molar-refractivity contribution in [2.45, 2.75) is 58.6 Å². The van der Waals surface area contributed by atoms with E-state index >= 15 is 0 Å². The van der Waals surface area contributed by atoms with E-state index in [0.717, 1.165) is 65.7 Å². The highest BCUT2D eigenvalue weighted by Crippen LogP contribution is 2.31. The van der Waals surface area contributed by atoms with Gasteiger partial charge in [-0.2, -0.15) is 0 Å². The molecule has 1 heterocycles. The van der Waals surface area contributed by atoms with Crippen LogP contribution >= 0.6 is 11.3 Å². The lowest BCUT2D eigenvalue weighted by molar-refractivity contribution is 0.0335. The minimum atomic E-state index is 0.243. The molecule has 4 rings (SSSR count). The summed E-state index contributed by atoms with van der Waals surface area (Å²) in [5, 5.41) is 5.90. The van der Waals surface area contributed by atoms with E-state index in [4.69, 9.17) is 20.2 Å². The number of aryl methyl sites for hydroxylation is 2. The van der Waals surface area contributed by atoms with E-state index in [-0.39, 0.29) is 6.04 Å². The van der Waals surface area contributed by atoms with Crippen LogP contribution in [0.2, 0.25) is 0 Å². The summed E-state index contributed by atoms with van der Waals surface area (Å²) in [6, 6.07) is 14.4. The molecule has 0 amide bonds. The van der Waals surface area contributed by atoms with Crippen molar-refractivity contribution in [3.05, 3.63) is 59.0 Å². The quantitative estimate of drug-likeness (QED) is 0.317. The van der Waals surface area contributed by atoms with Crippen LogP contribution in [0, 0.1) is 13.8 Å². The molecule has 0 radical (unpaired) electrons. The summed E-state index contributed by atoms with van der Waals surface area (Å²) in [5.74, 6) is 2.06. The van der Waals surface area contributed by atoms with Crippen molar-refractivity contribution in [2.75, 3.05) is 11.9 Å². The standard InChI is InChI=1S/C26H32N4O2S/c1-4-31-21-11-9-20(10-12-21)28-25(27)30-26-29-23(16-33-26)19-6-5-7-22(15-19)32-24-13-8-17(2)14-18(24)3/h5-8,13-16,20-21H,4,9-12H2,1-3H3,(H3,27,28,29,30). The van der Waals surface area contributed by atoms with Crippen LogP contribution in [0.1, 0.15) is 43.7 Å². The molecule has 1 saturated carbocycles. The summed E-state index contributed by atoms with van der Waals surface area (Å²) in [5.41, 5.74) is 10.4. The largest absolute Gasteiger partial charge is 0.457 e. The maximum absolute atomic E-state index is 6.17. The van der Waals surface area contributed by atoms with E-state index in [1.165, 1.54) is 16.9 Å². The zero-order valence-electron chi connectivity index (χ0n) is 19.5. The molecule has 174 valence electrons. The molecule has 6 nitrogen and oxygen atoms in total. The normalized spacial score (nSPS) is 18.8. The Morgan fingerprint density at radius 3 is 2.73 bits per heavy atom. The Hall–Kier alpha value is -2.90. The van der Waals surface area contributed by atoms with Gasteiger partial charge < -0.3 is 20.5 Å². The van der Waals surface area contributed by atoms with Crippen LogP contribution in [-0.2, 0) is 4.74 Å². The number of benzene rings is 2. The number of rotatable bonds is 7. The van der Waals surface area contributed by atoms with Gasteiger partial charge in [0.1, 0.15) is 11.5 Å². The van der Waals surface area contributed by atoms with Crippen LogP contribution in [-0.4, -0.2) is 29.7 Å². The summed E-state index contributed by atoms with van der Waals surface area (Å²) in [4.78, 5) is 9.36. The Bertz CT molecular complexity index is 1100. The fourth-order valence-electron chi connectivity index (χ4n) is 4.14. The Morgan fingerprint density at radius 2 is 1.97 bits per heavy atom. The van der Waals surface area contributed by atoms with Gasteiger partial charge in [-0.25, -0.2) is 9.98 Å². The molecule has 3 N–H and O–H groups in total. The van der Waals surface area contributed by atoms with Gasteiger partial charge in [-0.3, -0.25) is 0 Å². The number of guanidine groups is 1. The molecule has 7 heteroatoms. The third kappa shape index (κ3) is 6.33. The molecule has 1 aromatic heterocycles. The van der Waals surface area contributed by atoms with Crippen molar-refractivity contribution in [3.63, 3.8) is 0 Å². The number of hydrogen-bond acceptors (Lipinski definition) is 5. The maximum Gasteiger partial charge on any atom is 0.195 e. The van der Waals surface area contributed by atoms with Crippen molar-refractivity contribution >= 4 is 22.4 Å². The number of ether oxygens (including phenoxy) is 2. The number of nitrogens with zero attached hydrogens (tertiary/aromatic N) is 2. The zero-order valence-corrected chi connectivity index (χ0v) is 20.3. The Kier molecular flexibility index (Phi) is 7.62. The van der Waals surface area contributed by atoms with Crippen LogP contribution in [0.25, 0.3) is 11.3 Å². The van der Waals surface area contributed by atoms with Gasteiger partial charge in [0.2, 0.25) is 0 Å². The average molecular weight is 465 g/mol. The van der Waals surface area contributed by atoms with Crippen molar-refractivity contribution in [1.29, 1.82) is 0 Å². The van der Waals surface area contributed by atoms with Gasteiger partial charge in [-0.1, -0.05) is 29.8 Å². The lowest BCUT2D eigenvalue weighted by atomic mass is 9.93. The molecular weight excluding hydrogens is 432 g/mol.